The van der Waals surface area contributed by atoms with Crippen LogP contribution in [0.4, 0.5) is 4.79 Å². The first-order chi connectivity index (χ1) is 11.4. The number of fused-ring (bicyclic) bond motifs is 1. The second-order valence-electron chi connectivity index (χ2n) is 8.32. The first-order valence-electron chi connectivity index (χ1n) is 8.34. The maximum absolute atomic E-state index is 12.2. The molecule has 1 aromatic heterocycles. The molecule has 0 spiro atoms. The van der Waals surface area contributed by atoms with Gasteiger partial charge in [0.15, 0.2) is 0 Å². The fraction of sp³-hybridized carbons (Fsp3) is 0.588. The van der Waals surface area contributed by atoms with Gasteiger partial charge in [-0.05, 0) is 66.1 Å². The third-order valence-corrected chi connectivity index (χ3v) is 4.56. The van der Waals surface area contributed by atoms with Gasteiger partial charge in [-0.1, -0.05) is 11.3 Å². The molecule has 8 heteroatoms. The zero-order chi connectivity index (χ0) is 18.6. The average molecular weight is 345 g/mol. The molecule has 1 aliphatic heterocycles. The molecule has 0 aliphatic carbocycles. The minimum Gasteiger partial charge on any atom is -0.442 e. The lowest BCUT2D eigenvalue weighted by Gasteiger charge is -2.32. The van der Waals surface area contributed by atoms with Gasteiger partial charge in [0.2, 0.25) is 0 Å². The van der Waals surface area contributed by atoms with Crippen molar-refractivity contribution in [3.8, 4) is 0 Å². The van der Waals surface area contributed by atoms with Gasteiger partial charge in [-0.25, -0.2) is 4.79 Å². The molecule has 7 nitrogen and oxygen atoms in total. The summed E-state index contributed by atoms with van der Waals surface area (Å²) in [6.45, 7) is 13.4. The molecule has 0 bridgehead atoms. The maximum Gasteiger partial charge on any atom is 0.494 e. The van der Waals surface area contributed by atoms with Crippen molar-refractivity contribution in [2.45, 2.75) is 65.3 Å². The lowest BCUT2D eigenvalue weighted by atomic mass is 9.79. The number of carbonyl (C=O) groups excluding carboxylic acids is 1. The van der Waals surface area contributed by atoms with E-state index in [0.29, 0.717) is 11.0 Å². The van der Waals surface area contributed by atoms with Gasteiger partial charge in [0.1, 0.15) is 16.6 Å². The Labute approximate surface area is 147 Å². The normalized spacial score (nSPS) is 19.4. The summed E-state index contributed by atoms with van der Waals surface area (Å²) in [6, 6.07) is 5.46. The van der Waals surface area contributed by atoms with Crippen LogP contribution in [0.2, 0.25) is 0 Å². The van der Waals surface area contributed by atoms with E-state index in [1.165, 1.54) is 0 Å². The summed E-state index contributed by atoms with van der Waals surface area (Å²) in [6.07, 6.45) is -0.557. The van der Waals surface area contributed by atoms with E-state index in [1.807, 2.05) is 39.8 Å². The molecule has 0 amide bonds. The third-order valence-electron chi connectivity index (χ3n) is 4.56. The molecule has 134 valence electrons. The Balaban J connectivity index is 1.90. The van der Waals surface area contributed by atoms with Crippen LogP contribution in [-0.4, -0.2) is 45.0 Å². The summed E-state index contributed by atoms with van der Waals surface area (Å²) in [5.41, 5.74) is 0.564. The Hall–Kier alpha value is -1.93. The second kappa shape index (κ2) is 5.54. The van der Waals surface area contributed by atoms with E-state index in [2.05, 4.69) is 10.3 Å². The molecule has 0 radical (unpaired) electrons. The molecule has 1 aliphatic rings. The Morgan fingerprint density at radius 3 is 2.32 bits per heavy atom. The Bertz CT molecular complexity index is 807. The minimum absolute atomic E-state index is 0.416. The van der Waals surface area contributed by atoms with E-state index in [-0.39, 0.29) is 0 Å². The van der Waals surface area contributed by atoms with E-state index >= 15 is 0 Å². The van der Waals surface area contributed by atoms with Crippen molar-refractivity contribution in [2.75, 3.05) is 0 Å². The summed E-state index contributed by atoms with van der Waals surface area (Å²) in [5, 5.41) is 7.99. The molecule has 0 N–H and O–H groups in total. The molecule has 0 atom stereocenters. The second-order valence-corrected chi connectivity index (χ2v) is 8.32. The number of rotatable bonds is 1. The van der Waals surface area contributed by atoms with Crippen LogP contribution in [0.3, 0.4) is 0 Å². The van der Waals surface area contributed by atoms with E-state index in [9.17, 15) is 4.79 Å². The summed E-state index contributed by atoms with van der Waals surface area (Å²) in [5.74, 6) is 0. The topological polar surface area (TPSA) is 75.5 Å². The lowest BCUT2D eigenvalue weighted by Crippen LogP contribution is -2.41. The maximum atomic E-state index is 12.2. The first-order valence-corrected chi connectivity index (χ1v) is 8.34. The van der Waals surface area contributed by atoms with Crippen LogP contribution >= 0.6 is 0 Å². The van der Waals surface area contributed by atoms with Crippen molar-refractivity contribution in [1.82, 2.24) is 15.0 Å². The number of hydrogen-bond donors (Lipinski definition) is 0. The Kier molecular flexibility index (Phi) is 3.96. The fourth-order valence-corrected chi connectivity index (χ4v) is 2.51. The van der Waals surface area contributed by atoms with Crippen molar-refractivity contribution in [3.63, 3.8) is 0 Å². The van der Waals surface area contributed by atoms with Gasteiger partial charge in [0.05, 0.1) is 11.2 Å². The molecule has 25 heavy (non-hydrogen) atoms. The van der Waals surface area contributed by atoms with Crippen LogP contribution < -0.4 is 5.46 Å². The molecule has 1 aromatic carbocycles. The van der Waals surface area contributed by atoms with Crippen molar-refractivity contribution in [2.24, 2.45) is 0 Å². The molecular weight excluding hydrogens is 321 g/mol. The predicted octanol–water partition coefficient (Wildman–Crippen LogP) is 2.51. The summed E-state index contributed by atoms with van der Waals surface area (Å²) in [7, 11) is -0.485. The van der Waals surface area contributed by atoms with Gasteiger partial charge in [0, 0.05) is 0 Å². The summed E-state index contributed by atoms with van der Waals surface area (Å²) >= 11 is 0. The Morgan fingerprint density at radius 1 is 1.16 bits per heavy atom. The van der Waals surface area contributed by atoms with Crippen molar-refractivity contribution in [3.05, 3.63) is 18.2 Å². The molecule has 0 unspecified atom stereocenters. The third kappa shape index (κ3) is 3.28. The molecule has 1 saturated heterocycles. The highest BCUT2D eigenvalue weighted by atomic mass is 16.7. The minimum atomic E-state index is -0.599. The number of ether oxygens (including phenoxy) is 1. The quantitative estimate of drug-likeness (QED) is 0.740. The van der Waals surface area contributed by atoms with Crippen molar-refractivity contribution in [1.29, 1.82) is 0 Å². The molecule has 0 saturated carbocycles. The highest BCUT2D eigenvalue weighted by Crippen LogP contribution is 2.36. The number of hydrogen-bond acceptors (Lipinski definition) is 6. The van der Waals surface area contributed by atoms with E-state index in [0.717, 1.165) is 10.1 Å². The van der Waals surface area contributed by atoms with Gasteiger partial charge in [-0.2, -0.15) is 0 Å². The summed E-state index contributed by atoms with van der Waals surface area (Å²) in [4.78, 5) is 12.2. The number of carbonyl (C=O) groups is 1. The van der Waals surface area contributed by atoms with Crippen LogP contribution in [0.25, 0.3) is 11.0 Å². The number of aromatic nitrogens is 3. The monoisotopic (exact) mass is 345 g/mol. The first kappa shape index (κ1) is 17.9. The van der Waals surface area contributed by atoms with Crippen LogP contribution in [0.15, 0.2) is 18.2 Å². The summed E-state index contributed by atoms with van der Waals surface area (Å²) < 4.78 is 18.6. The number of benzene rings is 1. The number of nitrogens with zero attached hydrogens (tertiary/aromatic N) is 3. The van der Waals surface area contributed by atoms with Gasteiger partial charge < -0.3 is 14.0 Å². The van der Waals surface area contributed by atoms with Crippen LogP contribution in [0.5, 0.6) is 0 Å². The van der Waals surface area contributed by atoms with Gasteiger partial charge in [-0.15, -0.1) is 9.78 Å². The van der Waals surface area contributed by atoms with Crippen LogP contribution in [-0.2, 0) is 14.0 Å². The highest BCUT2D eigenvalue weighted by molar-refractivity contribution is 6.62. The van der Waals surface area contributed by atoms with Gasteiger partial charge >= 0.3 is 13.2 Å². The molecular formula is C17H24BN3O4. The van der Waals surface area contributed by atoms with Crippen LogP contribution in [0.1, 0.15) is 48.5 Å². The molecule has 2 heterocycles. The molecule has 3 rings (SSSR count). The molecule has 1 fully saturated rings. The predicted molar refractivity (Wildman–Crippen MR) is 94.9 cm³/mol. The zero-order valence-corrected chi connectivity index (χ0v) is 15.8. The fourth-order valence-electron chi connectivity index (χ4n) is 2.51. The largest absolute Gasteiger partial charge is 0.494 e. The van der Waals surface area contributed by atoms with Gasteiger partial charge in [0.25, 0.3) is 0 Å². The smallest absolute Gasteiger partial charge is 0.442 e. The van der Waals surface area contributed by atoms with Gasteiger partial charge in [-0.3, -0.25) is 0 Å². The molecule has 2 aromatic rings. The highest BCUT2D eigenvalue weighted by Gasteiger charge is 2.51. The Morgan fingerprint density at radius 2 is 1.76 bits per heavy atom. The van der Waals surface area contributed by atoms with Crippen molar-refractivity contribution >= 4 is 29.7 Å². The lowest BCUT2D eigenvalue weighted by molar-refractivity contribution is 0.00578. The van der Waals surface area contributed by atoms with Crippen molar-refractivity contribution < 1.29 is 18.8 Å². The standard InChI is InChI=1S/C17H24BN3O4/c1-15(2,3)23-14(22)21-13-9-8-11(10-12(13)19-20-21)18-24-16(4,5)17(6,7)25-18/h8-10H,1-7H3. The average Bonchev–Trinajstić information content (AvgIpc) is 2.95. The zero-order valence-electron chi connectivity index (χ0n) is 15.8. The van der Waals surface area contributed by atoms with E-state index < -0.39 is 30.0 Å². The van der Waals surface area contributed by atoms with E-state index in [4.69, 9.17) is 14.0 Å². The van der Waals surface area contributed by atoms with E-state index in [1.54, 1.807) is 26.8 Å². The SMILES string of the molecule is CC(C)(C)OC(=O)n1nnc2cc(B3OC(C)(C)C(C)(C)O3)ccc21. The van der Waals surface area contributed by atoms with Crippen LogP contribution in [0, 0.1) is 0 Å².